The van der Waals surface area contributed by atoms with Crippen LogP contribution >= 0.6 is 0 Å². The summed E-state index contributed by atoms with van der Waals surface area (Å²) in [6.45, 7) is 5.98. The van der Waals surface area contributed by atoms with E-state index >= 15 is 0 Å². The van der Waals surface area contributed by atoms with Crippen LogP contribution in [0, 0.1) is 19.7 Å². The number of pyridine rings is 1. The van der Waals surface area contributed by atoms with Crippen molar-refractivity contribution in [2.75, 3.05) is 24.6 Å². The second kappa shape index (κ2) is 8.02. The molecule has 0 amide bonds. The molecule has 2 aromatic heterocycles. The van der Waals surface area contributed by atoms with E-state index in [1.54, 1.807) is 12.1 Å². The van der Waals surface area contributed by atoms with E-state index in [1.165, 1.54) is 6.07 Å². The van der Waals surface area contributed by atoms with E-state index in [-0.39, 0.29) is 11.9 Å². The molecule has 1 fully saturated rings. The van der Waals surface area contributed by atoms with Crippen molar-refractivity contribution in [2.45, 2.75) is 26.4 Å². The highest BCUT2D eigenvalue weighted by atomic mass is 19.1. The molecule has 0 bridgehead atoms. The number of aromatic nitrogens is 3. The van der Waals surface area contributed by atoms with Gasteiger partial charge in [-0.05, 0) is 37.1 Å². The van der Waals surface area contributed by atoms with Gasteiger partial charge in [-0.2, -0.15) is 0 Å². The van der Waals surface area contributed by atoms with E-state index in [9.17, 15) is 4.39 Å². The second-order valence-corrected chi connectivity index (χ2v) is 7.08. The summed E-state index contributed by atoms with van der Waals surface area (Å²) in [5.74, 6) is 1.51. The molecule has 0 N–H and O–H groups in total. The maximum Gasteiger partial charge on any atom is 0.132 e. The van der Waals surface area contributed by atoms with Crippen LogP contribution in [0.3, 0.4) is 0 Å². The molecule has 0 unspecified atom stereocenters. The van der Waals surface area contributed by atoms with Gasteiger partial charge in [0.1, 0.15) is 23.6 Å². The fourth-order valence-corrected chi connectivity index (χ4v) is 3.49. The zero-order chi connectivity index (χ0) is 19.5. The third-order valence-electron chi connectivity index (χ3n) is 4.87. The van der Waals surface area contributed by atoms with Gasteiger partial charge in [-0.1, -0.05) is 24.3 Å². The summed E-state index contributed by atoms with van der Waals surface area (Å²) in [4.78, 5) is 15.7. The summed E-state index contributed by atoms with van der Waals surface area (Å²) in [6.07, 6.45) is 2.21. The second-order valence-electron chi connectivity index (χ2n) is 7.08. The number of ether oxygens (including phenoxy) is 1. The van der Waals surface area contributed by atoms with Gasteiger partial charge in [0.15, 0.2) is 0 Å². The third-order valence-corrected chi connectivity index (χ3v) is 4.87. The van der Waals surface area contributed by atoms with Crippen LogP contribution in [-0.2, 0) is 11.2 Å². The number of halogens is 1. The lowest BCUT2D eigenvalue weighted by atomic mass is 10.1. The summed E-state index contributed by atoms with van der Waals surface area (Å²) in [5, 5.41) is 0. The van der Waals surface area contributed by atoms with E-state index in [1.807, 2.05) is 44.3 Å². The Labute approximate surface area is 164 Å². The van der Waals surface area contributed by atoms with Crippen LogP contribution in [0.2, 0.25) is 0 Å². The number of rotatable bonds is 4. The molecule has 4 rings (SSSR count). The molecule has 3 aromatic rings. The highest BCUT2D eigenvalue weighted by Crippen LogP contribution is 2.25. The van der Waals surface area contributed by atoms with Gasteiger partial charge < -0.3 is 9.64 Å². The molecule has 0 radical (unpaired) electrons. The van der Waals surface area contributed by atoms with Gasteiger partial charge in [0.25, 0.3) is 0 Å². The minimum absolute atomic E-state index is 0.119. The standard InChI is InChI=1S/C22H23FN4O/c1-15-11-22(26-16(2)25-15)27-9-10-28-21(14-27)20-8-7-17(13-24-20)12-18-5-3-4-6-19(18)23/h3-8,11,13,21H,9-10,12,14H2,1-2H3/t21-/m1/s1. The van der Waals surface area contributed by atoms with E-state index in [4.69, 9.17) is 4.74 Å². The lowest BCUT2D eigenvalue weighted by Crippen LogP contribution is -2.39. The van der Waals surface area contributed by atoms with Crippen molar-refractivity contribution in [1.29, 1.82) is 0 Å². The molecule has 0 spiro atoms. The highest BCUT2D eigenvalue weighted by molar-refractivity contribution is 5.40. The highest BCUT2D eigenvalue weighted by Gasteiger charge is 2.24. The van der Waals surface area contributed by atoms with Crippen LogP contribution in [0.5, 0.6) is 0 Å². The van der Waals surface area contributed by atoms with Crippen molar-refractivity contribution in [3.05, 3.63) is 82.8 Å². The minimum atomic E-state index is -0.187. The van der Waals surface area contributed by atoms with Crippen molar-refractivity contribution >= 4 is 5.82 Å². The minimum Gasteiger partial charge on any atom is -0.368 e. The predicted octanol–water partition coefficient (Wildman–Crippen LogP) is 3.80. The summed E-state index contributed by atoms with van der Waals surface area (Å²) in [7, 11) is 0. The Morgan fingerprint density at radius 1 is 1.14 bits per heavy atom. The van der Waals surface area contributed by atoms with Crippen LogP contribution < -0.4 is 4.90 Å². The van der Waals surface area contributed by atoms with Crippen molar-refractivity contribution in [1.82, 2.24) is 15.0 Å². The first-order chi connectivity index (χ1) is 13.6. The van der Waals surface area contributed by atoms with Crippen LogP contribution in [-0.4, -0.2) is 34.6 Å². The lowest BCUT2D eigenvalue weighted by molar-refractivity contribution is 0.0367. The molecular weight excluding hydrogens is 355 g/mol. The van der Waals surface area contributed by atoms with Gasteiger partial charge in [-0.25, -0.2) is 14.4 Å². The number of nitrogens with zero attached hydrogens (tertiary/aromatic N) is 4. The Morgan fingerprint density at radius 3 is 2.75 bits per heavy atom. The average molecular weight is 378 g/mol. The Morgan fingerprint density at radius 2 is 2.00 bits per heavy atom. The SMILES string of the molecule is Cc1cc(N2CCO[C@@H](c3ccc(Cc4ccccc4F)cn3)C2)nc(C)n1. The fraction of sp³-hybridized carbons (Fsp3) is 0.318. The molecule has 1 aliphatic rings. The van der Waals surface area contributed by atoms with Gasteiger partial charge in [0.2, 0.25) is 0 Å². The number of hydrogen-bond acceptors (Lipinski definition) is 5. The Kier molecular flexibility index (Phi) is 5.30. The largest absolute Gasteiger partial charge is 0.368 e. The van der Waals surface area contributed by atoms with E-state index in [0.717, 1.165) is 35.1 Å². The third kappa shape index (κ3) is 4.17. The van der Waals surface area contributed by atoms with E-state index < -0.39 is 0 Å². The smallest absolute Gasteiger partial charge is 0.132 e. The number of hydrogen-bond donors (Lipinski definition) is 0. The van der Waals surface area contributed by atoms with Crippen LogP contribution in [0.4, 0.5) is 10.2 Å². The van der Waals surface area contributed by atoms with Gasteiger partial charge in [0, 0.05) is 30.9 Å². The zero-order valence-electron chi connectivity index (χ0n) is 16.1. The molecule has 6 heteroatoms. The first kappa shape index (κ1) is 18.5. The van der Waals surface area contributed by atoms with Crippen molar-refractivity contribution in [3.63, 3.8) is 0 Å². The Bertz CT molecular complexity index is 941. The Hall–Kier alpha value is -2.86. The van der Waals surface area contributed by atoms with E-state index in [0.29, 0.717) is 25.1 Å². The van der Waals surface area contributed by atoms with Gasteiger partial charge in [0.05, 0.1) is 18.8 Å². The molecule has 1 saturated heterocycles. The van der Waals surface area contributed by atoms with E-state index in [2.05, 4.69) is 19.9 Å². The molecule has 1 aromatic carbocycles. The monoisotopic (exact) mass is 378 g/mol. The molecule has 1 aliphatic heterocycles. The van der Waals surface area contributed by atoms with Crippen molar-refractivity contribution in [3.8, 4) is 0 Å². The molecule has 28 heavy (non-hydrogen) atoms. The maximum absolute atomic E-state index is 13.9. The first-order valence-electron chi connectivity index (χ1n) is 9.45. The molecule has 0 saturated carbocycles. The van der Waals surface area contributed by atoms with Crippen LogP contribution in [0.15, 0.2) is 48.7 Å². The normalized spacial score (nSPS) is 17.0. The van der Waals surface area contributed by atoms with Gasteiger partial charge >= 0.3 is 0 Å². The number of aryl methyl sites for hydroxylation is 2. The fourth-order valence-electron chi connectivity index (χ4n) is 3.49. The molecule has 1 atom stereocenters. The molecule has 3 heterocycles. The quantitative estimate of drug-likeness (QED) is 0.691. The predicted molar refractivity (Wildman–Crippen MR) is 106 cm³/mol. The van der Waals surface area contributed by atoms with Gasteiger partial charge in [-0.15, -0.1) is 0 Å². The zero-order valence-corrected chi connectivity index (χ0v) is 16.1. The first-order valence-corrected chi connectivity index (χ1v) is 9.45. The van der Waals surface area contributed by atoms with Crippen molar-refractivity contribution < 1.29 is 9.13 Å². The molecular formula is C22H23FN4O. The summed E-state index contributed by atoms with van der Waals surface area (Å²) in [5.41, 5.74) is 3.49. The topological polar surface area (TPSA) is 51.1 Å². The number of anilines is 1. The average Bonchev–Trinajstić information content (AvgIpc) is 2.70. The number of morpholine rings is 1. The lowest BCUT2D eigenvalue weighted by Gasteiger charge is -2.33. The van der Waals surface area contributed by atoms with Crippen molar-refractivity contribution in [2.24, 2.45) is 0 Å². The van der Waals surface area contributed by atoms with Crippen LogP contribution in [0.1, 0.15) is 34.4 Å². The maximum atomic E-state index is 13.9. The molecule has 0 aliphatic carbocycles. The van der Waals surface area contributed by atoms with Gasteiger partial charge in [-0.3, -0.25) is 4.98 Å². The summed E-state index contributed by atoms with van der Waals surface area (Å²) in [6, 6.07) is 12.8. The number of benzene rings is 1. The summed E-state index contributed by atoms with van der Waals surface area (Å²) >= 11 is 0. The van der Waals surface area contributed by atoms with Crippen LogP contribution in [0.25, 0.3) is 0 Å². The molecule has 144 valence electrons. The Balaban J connectivity index is 1.47. The molecule has 5 nitrogen and oxygen atoms in total. The summed E-state index contributed by atoms with van der Waals surface area (Å²) < 4.78 is 19.8.